The van der Waals surface area contributed by atoms with Gasteiger partial charge in [0.05, 0.1) is 6.54 Å². The van der Waals surface area contributed by atoms with Crippen LogP contribution in [0.2, 0.25) is 0 Å². The Bertz CT molecular complexity index is 871. The molecule has 0 saturated heterocycles. The van der Waals surface area contributed by atoms with Gasteiger partial charge in [0.2, 0.25) is 11.7 Å². The van der Waals surface area contributed by atoms with Crippen LogP contribution in [0.15, 0.2) is 59.1 Å². The molecule has 0 unspecified atom stereocenters. The minimum atomic E-state index is 0.518. The first-order valence-corrected chi connectivity index (χ1v) is 10.2. The molecule has 1 aromatic heterocycles. The van der Waals surface area contributed by atoms with Crippen molar-refractivity contribution < 1.29 is 4.52 Å². The average molecular weight is 377 g/mol. The zero-order valence-corrected chi connectivity index (χ0v) is 16.5. The Morgan fingerprint density at radius 3 is 2.57 bits per heavy atom. The van der Waals surface area contributed by atoms with E-state index in [9.17, 15) is 0 Å². The second kappa shape index (κ2) is 9.02. The van der Waals surface area contributed by atoms with Crippen LogP contribution < -0.4 is 5.32 Å². The summed E-state index contributed by atoms with van der Waals surface area (Å²) >= 11 is 0. The third-order valence-electron chi connectivity index (χ3n) is 5.57. The van der Waals surface area contributed by atoms with Crippen LogP contribution in [0.1, 0.15) is 43.6 Å². The molecular formula is C23H28N4O. The van der Waals surface area contributed by atoms with Crippen LogP contribution in [-0.2, 0) is 13.1 Å². The summed E-state index contributed by atoms with van der Waals surface area (Å²) in [7, 11) is 2.25. The molecule has 28 heavy (non-hydrogen) atoms. The average Bonchev–Trinajstić information content (AvgIpc) is 3.23. The van der Waals surface area contributed by atoms with E-state index >= 15 is 0 Å². The van der Waals surface area contributed by atoms with Crippen molar-refractivity contribution in [2.45, 2.75) is 51.2 Å². The fourth-order valence-corrected chi connectivity index (χ4v) is 3.95. The summed E-state index contributed by atoms with van der Waals surface area (Å²) in [5.74, 6) is 1.22. The minimum Gasteiger partial charge on any atom is -0.376 e. The number of hydrogen-bond acceptors (Lipinski definition) is 5. The van der Waals surface area contributed by atoms with E-state index < -0.39 is 0 Å². The highest BCUT2D eigenvalue weighted by Gasteiger charge is 2.19. The summed E-state index contributed by atoms with van der Waals surface area (Å²) in [6.45, 7) is 1.47. The first-order valence-electron chi connectivity index (χ1n) is 10.2. The number of nitrogens with one attached hydrogen (secondary N) is 1. The lowest BCUT2D eigenvalue weighted by Gasteiger charge is -2.31. The second-order valence-electron chi connectivity index (χ2n) is 7.60. The Morgan fingerprint density at radius 1 is 1.00 bits per heavy atom. The van der Waals surface area contributed by atoms with Gasteiger partial charge in [-0.3, -0.25) is 4.90 Å². The highest BCUT2D eigenvalue weighted by atomic mass is 16.5. The first-order chi connectivity index (χ1) is 13.8. The van der Waals surface area contributed by atoms with Gasteiger partial charge in [-0.25, -0.2) is 0 Å². The maximum absolute atomic E-state index is 5.42. The maximum Gasteiger partial charge on any atom is 0.246 e. The molecule has 1 saturated carbocycles. The van der Waals surface area contributed by atoms with Crippen LogP contribution in [0.3, 0.4) is 0 Å². The number of rotatable bonds is 7. The molecule has 1 fully saturated rings. The van der Waals surface area contributed by atoms with Crippen LogP contribution in [0.4, 0.5) is 5.69 Å². The molecule has 146 valence electrons. The Labute approximate surface area is 166 Å². The molecule has 1 aliphatic rings. The number of para-hydroxylation sites is 1. The first kappa shape index (κ1) is 18.7. The third-order valence-corrected chi connectivity index (χ3v) is 5.57. The van der Waals surface area contributed by atoms with E-state index in [2.05, 4.69) is 51.7 Å². The normalized spacial score (nSPS) is 15.1. The lowest BCUT2D eigenvalue weighted by atomic mass is 9.94. The Hall–Kier alpha value is -2.66. The lowest BCUT2D eigenvalue weighted by Crippen LogP contribution is -2.33. The van der Waals surface area contributed by atoms with Gasteiger partial charge in [0.15, 0.2) is 0 Å². The fourth-order valence-electron chi connectivity index (χ4n) is 3.95. The van der Waals surface area contributed by atoms with Gasteiger partial charge in [-0.1, -0.05) is 73.0 Å². The molecule has 0 radical (unpaired) electrons. The van der Waals surface area contributed by atoms with Gasteiger partial charge in [0, 0.05) is 23.8 Å². The van der Waals surface area contributed by atoms with Crippen molar-refractivity contribution in [3.63, 3.8) is 0 Å². The molecule has 3 aromatic rings. The zero-order valence-electron chi connectivity index (χ0n) is 16.5. The topological polar surface area (TPSA) is 54.2 Å². The van der Waals surface area contributed by atoms with Gasteiger partial charge in [-0.2, -0.15) is 4.98 Å². The summed E-state index contributed by atoms with van der Waals surface area (Å²) < 4.78 is 5.42. The van der Waals surface area contributed by atoms with Crippen molar-refractivity contribution in [1.82, 2.24) is 15.0 Å². The van der Waals surface area contributed by atoms with Gasteiger partial charge >= 0.3 is 0 Å². The van der Waals surface area contributed by atoms with E-state index in [4.69, 9.17) is 4.52 Å². The SMILES string of the molecule is CN(Cc1ccccc1NCc1nc(-c2ccccc2)no1)C1CCCCC1. The molecule has 1 aliphatic carbocycles. The molecule has 5 heteroatoms. The molecule has 2 aromatic carbocycles. The minimum absolute atomic E-state index is 0.518. The molecule has 0 amide bonds. The zero-order chi connectivity index (χ0) is 19.2. The Kier molecular flexibility index (Phi) is 6.02. The van der Waals surface area contributed by atoms with Crippen molar-refractivity contribution in [2.24, 2.45) is 0 Å². The summed E-state index contributed by atoms with van der Waals surface area (Å²) in [4.78, 5) is 7.01. The highest BCUT2D eigenvalue weighted by molar-refractivity contribution is 5.54. The summed E-state index contributed by atoms with van der Waals surface area (Å²) in [5.41, 5.74) is 3.40. The molecule has 0 spiro atoms. The quantitative estimate of drug-likeness (QED) is 0.621. The van der Waals surface area contributed by atoms with Crippen molar-refractivity contribution in [1.29, 1.82) is 0 Å². The summed E-state index contributed by atoms with van der Waals surface area (Å²) in [6.07, 6.45) is 6.73. The number of aromatic nitrogens is 2. The van der Waals surface area contributed by atoms with Crippen LogP contribution in [-0.4, -0.2) is 28.1 Å². The fraction of sp³-hybridized carbons (Fsp3) is 0.391. The van der Waals surface area contributed by atoms with E-state index in [-0.39, 0.29) is 0 Å². The van der Waals surface area contributed by atoms with Crippen molar-refractivity contribution in [3.05, 3.63) is 66.1 Å². The Balaban J connectivity index is 1.39. The summed E-state index contributed by atoms with van der Waals surface area (Å²) in [5, 5.41) is 7.58. The van der Waals surface area contributed by atoms with E-state index in [0.717, 1.165) is 17.8 Å². The predicted octanol–water partition coefficient (Wildman–Crippen LogP) is 5.11. The molecule has 0 bridgehead atoms. The van der Waals surface area contributed by atoms with Gasteiger partial charge < -0.3 is 9.84 Å². The smallest absolute Gasteiger partial charge is 0.246 e. The van der Waals surface area contributed by atoms with Crippen LogP contribution in [0.5, 0.6) is 0 Å². The van der Waals surface area contributed by atoms with Gasteiger partial charge in [-0.05, 0) is 31.5 Å². The van der Waals surface area contributed by atoms with E-state index in [0.29, 0.717) is 24.3 Å². The molecule has 5 nitrogen and oxygen atoms in total. The molecule has 0 aliphatic heterocycles. The van der Waals surface area contributed by atoms with Gasteiger partial charge in [-0.15, -0.1) is 0 Å². The number of anilines is 1. The number of nitrogens with zero attached hydrogens (tertiary/aromatic N) is 3. The molecule has 4 rings (SSSR count). The van der Waals surface area contributed by atoms with Crippen molar-refractivity contribution in [3.8, 4) is 11.4 Å². The maximum atomic E-state index is 5.42. The highest BCUT2D eigenvalue weighted by Crippen LogP contribution is 2.25. The Morgan fingerprint density at radius 2 is 1.75 bits per heavy atom. The van der Waals surface area contributed by atoms with E-state index in [1.807, 2.05) is 30.3 Å². The molecule has 1 N–H and O–H groups in total. The standard InChI is InChI=1S/C23H28N4O/c1-27(20-13-6-3-7-14-20)17-19-12-8-9-15-21(19)24-16-22-25-23(26-28-22)18-10-4-2-5-11-18/h2,4-5,8-12,15,20,24H,3,6-7,13-14,16-17H2,1H3. The summed E-state index contributed by atoms with van der Waals surface area (Å²) in [6, 6.07) is 19.1. The van der Waals surface area contributed by atoms with Crippen molar-refractivity contribution >= 4 is 5.69 Å². The van der Waals surface area contributed by atoms with Crippen LogP contribution in [0, 0.1) is 0 Å². The van der Waals surface area contributed by atoms with Crippen LogP contribution in [0.25, 0.3) is 11.4 Å². The van der Waals surface area contributed by atoms with Gasteiger partial charge in [0.1, 0.15) is 0 Å². The van der Waals surface area contributed by atoms with Gasteiger partial charge in [0.25, 0.3) is 0 Å². The molecule has 0 atom stereocenters. The third kappa shape index (κ3) is 4.60. The molecular weight excluding hydrogens is 348 g/mol. The number of benzene rings is 2. The van der Waals surface area contributed by atoms with Crippen LogP contribution >= 0.6 is 0 Å². The number of hydrogen-bond donors (Lipinski definition) is 1. The molecule has 1 heterocycles. The van der Waals surface area contributed by atoms with E-state index in [1.54, 1.807) is 0 Å². The second-order valence-corrected chi connectivity index (χ2v) is 7.60. The lowest BCUT2D eigenvalue weighted by molar-refractivity contribution is 0.185. The largest absolute Gasteiger partial charge is 0.376 e. The van der Waals surface area contributed by atoms with E-state index in [1.165, 1.54) is 37.7 Å². The monoisotopic (exact) mass is 376 g/mol. The predicted molar refractivity (Wildman–Crippen MR) is 112 cm³/mol. The van der Waals surface area contributed by atoms with Crippen molar-refractivity contribution in [2.75, 3.05) is 12.4 Å².